The molecule has 0 N–H and O–H groups in total. The van der Waals surface area contributed by atoms with Crippen LogP contribution >= 0.6 is 11.6 Å². The molecule has 0 saturated carbocycles. The number of hydrogen-bond acceptors (Lipinski definition) is 3. The van der Waals surface area contributed by atoms with Crippen LogP contribution in [-0.2, 0) is 4.79 Å². The molecule has 26 heavy (non-hydrogen) atoms. The van der Waals surface area contributed by atoms with E-state index in [2.05, 4.69) is 4.90 Å². The number of halogens is 1. The fourth-order valence-electron chi connectivity index (χ4n) is 3.11. The third-order valence-electron chi connectivity index (χ3n) is 4.56. The van der Waals surface area contributed by atoms with E-state index in [1.54, 1.807) is 13.2 Å². The van der Waals surface area contributed by atoms with Gasteiger partial charge in [-0.25, -0.2) is 0 Å². The Bertz CT molecular complexity index is 811. The molecule has 0 bridgehead atoms. The van der Waals surface area contributed by atoms with E-state index >= 15 is 0 Å². The standard InChI is InChI=1S/C21H23ClN2O2/c1-16-6-8-20(26-2)17(14-16)7-9-21(25)24-12-10-23(11-13-24)19-5-3-4-18(22)15-19/h3-9,14-15H,10-13H2,1-2H3/b9-7+. The van der Waals surface area contributed by atoms with Crippen LogP contribution in [0.4, 0.5) is 5.69 Å². The lowest BCUT2D eigenvalue weighted by atomic mass is 10.1. The summed E-state index contributed by atoms with van der Waals surface area (Å²) >= 11 is 6.07. The van der Waals surface area contributed by atoms with E-state index in [1.807, 2.05) is 60.4 Å². The number of hydrogen-bond donors (Lipinski definition) is 0. The van der Waals surface area contributed by atoms with Crippen LogP contribution in [-0.4, -0.2) is 44.1 Å². The van der Waals surface area contributed by atoms with Crippen molar-refractivity contribution in [1.29, 1.82) is 0 Å². The fourth-order valence-corrected chi connectivity index (χ4v) is 3.29. The first kappa shape index (κ1) is 18.3. The molecule has 2 aromatic carbocycles. The first-order chi connectivity index (χ1) is 12.6. The Kier molecular flexibility index (Phi) is 5.84. The van der Waals surface area contributed by atoms with Crippen molar-refractivity contribution in [3.8, 4) is 5.75 Å². The van der Waals surface area contributed by atoms with Gasteiger partial charge in [-0.05, 0) is 43.3 Å². The minimum absolute atomic E-state index is 0.0271. The van der Waals surface area contributed by atoms with Crippen molar-refractivity contribution in [3.63, 3.8) is 0 Å². The van der Waals surface area contributed by atoms with E-state index in [1.165, 1.54) is 0 Å². The van der Waals surface area contributed by atoms with Crippen LogP contribution in [0.5, 0.6) is 5.75 Å². The van der Waals surface area contributed by atoms with Gasteiger partial charge in [0.15, 0.2) is 0 Å². The van der Waals surface area contributed by atoms with Gasteiger partial charge in [0.25, 0.3) is 0 Å². The minimum atomic E-state index is 0.0271. The number of carbonyl (C=O) groups is 1. The molecular weight excluding hydrogens is 348 g/mol. The highest BCUT2D eigenvalue weighted by atomic mass is 35.5. The van der Waals surface area contributed by atoms with Gasteiger partial charge in [0, 0.05) is 48.5 Å². The Hall–Kier alpha value is -2.46. The third-order valence-corrected chi connectivity index (χ3v) is 4.79. The van der Waals surface area contributed by atoms with Crippen molar-refractivity contribution < 1.29 is 9.53 Å². The second kappa shape index (κ2) is 8.28. The molecule has 1 amide bonds. The Labute approximate surface area is 159 Å². The van der Waals surface area contributed by atoms with Gasteiger partial charge in [0.2, 0.25) is 5.91 Å². The second-order valence-corrected chi connectivity index (χ2v) is 6.81. The molecule has 1 fully saturated rings. The summed E-state index contributed by atoms with van der Waals surface area (Å²) in [5, 5.41) is 0.732. The zero-order chi connectivity index (χ0) is 18.5. The molecule has 0 aliphatic carbocycles. The molecule has 1 heterocycles. The van der Waals surface area contributed by atoms with Crippen LogP contribution in [0.3, 0.4) is 0 Å². The molecule has 1 aliphatic heterocycles. The molecule has 0 unspecified atom stereocenters. The van der Waals surface area contributed by atoms with Crippen molar-refractivity contribution in [2.24, 2.45) is 0 Å². The number of piperazine rings is 1. The lowest BCUT2D eigenvalue weighted by molar-refractivity contribution is -0.126. The summed E-state index contributed by atoms with van der Waals surface area (Å²) < 4.78 is 5.36. The molecule has 0 radical (unpaired) electrons. The summed E-state index contributed by atoms with van der Waals surface area (Å²) in [4.78, 5) is 16.6. The lowest BCUT2D eigenvalue weighted by Gasteiger charge is -2.35. The molecule has 0 atom stereocenters. The summed E-state index contributed by atoms with van der Waals surface area (Å²) in [5.74, 6) is 0.796. The van der Waals surface area contributed by atoms with Crippen molar-refractivity contribution in [2.45, 2.75) is 6.92 Å². The van der Waals surface area contributed by atoms with Crippen LogP contribution in [0.15, 0.2) is 48.5 Å². The van der Waals surface area contributed by atoms with E-state index in [0.717, 1.165) is 40.7 Å². The van der Waals surface area contributed by atoms with Crippen molar-refractivity contribution in [3.05, 3.63) is 64.7 Å². The van der Waals surface area contributed by atoms with Gasteiger partial charge in [-0.2, -0.15) is 0 Å². The van der Waals surface area contributed by atoms with Crippen molar-refractivity contribution >= 4 is 29.3 Å². The average Bonchev–Trinajstić information content (AvgIpc) is 2.66. The second-order valence-electron chi connectivity index (χ2n) is 6.37. The molecular formula is C21H23ClN2O2. The Balaban J connectivity index is 1.61. The number of benzene rings is 2. The van der Waals surface area contributed by atoms with E-state index < -0.39 is 0 Å². The summed E-state index contributed by atoms with van der Waals surface area (Å²) in [5.41, 5.74) is 3.15. The van der Waals surface area contributed by atoms with Crippen LogP contribution in [0.25, 0.3) is 6.08 Å². The number of carbonyl (C=O) groups excluding carboxylic acids is 1. The molecule has 1 saturated heterocycles. The highest BCUT2D eigenvalue weighted by molar-refractivity contribution is 6.30. The van der Waals surface area contributed by atoms with Gasteiger partial charge in [0.1, 0.15) is 5.75 Å². The van der Waals surface area contributed by atoms with Gasteiger partial charge < -0.3 is 14.5 Å². The van der Waals surface area contributed by atoms with E-state index in [9.17, 15) is 4.79 Å². The SMILES string of the molecule is COc1ccc(C)cc1/C=C/C(=O)N1CCN(c2cccc(Cl)c2)CC1. The number of amides is 1. The molecule has 136 valence electrons. The largest absolute Gasteiger partial charge is 0.496 e. The predicted octanol–water partition coefficient (Wildman–Crippen LogP) is 4.02. The topological polar surface area (TPSA) is 32.8 Å². The van der Waals surface area contributed by atoms with Crippen molar-refractivity contribution in [2.75, 3.05) is 38.2 Å². The van der Waals surface area contributed by atoms with Gasteiger partial charge in [0.05, 0.1) is 7.11 Å². The quantitative estimate of drug-likeness (QED) is 0.762. The smallest absolute Gasteiger partial charge is 0.246 e. The van der Waals surface area contributed by atoms with Gasteiger partial charge >= 0.3 is 0 Å². The molecule has 2 aromatic rings. The molecule has 1 aliphatic rings. The highest BCUT2D eigenvalue weighted by Crippen LogP contribution is 2.22. The van der Waals surface area contributed by atoms with Gasteiger partial charge in [-0.1, -0.05) is 29.3 Å². The maximum Gasteiger partial charge on any atom is 0.246 e. The van der Waals surface area contributed by atoms with Crippen LogP contribution < -0.4 is 9.64 Å². The highest BCUT2D eigenvalue weighted by Gasteiger charge is 2.20. The molecule has 4 nitrogen and oxygen atoms in total. The molecule has 3 rings (SSSR count). The summed E-state index contributed by atoms with van der Waals surface area (Å²) in [6, 6.07) is 13.8. The zero-order valence-corrected chi connectivity index (χ0v) is 15.9. The number of anilines is 1. The number of aryl methyl sites for hydroxylation is 1. The first-order valence-corrected chi connectivity index (χ1v) is 9.07. The first-order valence-electron chi connectivity index (χ1n) is 8.69. The number of nitrogens with zero attached hydrogens (tertiary/aromatic N) is 2. The minimum Gasteiger partial charge on any atom is -0.496 e. The maximum atomic E-state index is 12.5. The fraction of sp³-hybridized carbons (Fsp3) is 0.286. The third kappa shape index (κ3) is 4.38. The van der Waals surface area contributed by atoms with E-state index in [4.69, 9.17) is 16.3 Å². The Morgan fingerprint density at radius 3 is 2.58 bits per heavy atom. The van der Waals surface area contributed by atoms with Crippen molar-refractivity contribution in [1.82, 2.24) is 4.90 Å². The van der Waals surface area contributed by atoms with E-state index in [-0.39, 0.29) is 5.91 Å². The van der Waals surface area contributed by atoms with Crippen LogP contribution in [0.1, 0.15) is 11.1 Å². The number of ether oxygens (including phenoxy) is 1. The lowest BCUT2D eigenvalue weighted by Crippen LogP contribution is -2.48. The Morgan fingerprint density at radius 1 is 1.12 bits per heavy atom. The van der Waals surface area contributed by atoms with E-state index in [0.29, 0.717) is 13.1 Å². The summed E-state index contributed by atoms with van der Waals surface area (Å²) in [7, 11) is 1.64. The van der Waals surface area contributed by atoms with Gasteiger partial charge in [-0.15, -0.1) is 0 Å². The summed E-state index contributed by atoms with van der Waals surface area (Å²) in [6.45, 7) is 5.01. The zero-order valence-electron chi connectivity index (χ0n) is 15.1. The molecule has 5 heteroatoms. The van der Waals surface area contributed by atoms with Crippen LogP contribution in [0, 0.1) is 6.92 Å². The normalized spacial score (nSPS) is 14.7. The van der Waals surface area contributed by atoms with Gasteiger partial charge in [-0.3, -0.25) is 4.79 Å². The predicted molar refractivity (Wildman–Crippen MR) is 107 cm³/mol. The molecule has 0 aromatic heterocycles. The summed E-state index contributed by atoms with van der Waals surface area (Å²) in [6.07, 6.45) is 3.46. The monoisotopic (exact) mass is 370 g/mol. The van der Waals surface area contributed by atoms with Crippen LogP contribution in [0.2, 0.25) is 5.02 Å². The number of rotatable bonds is 4. The number of methoxy groups -OCH3 is 1. The average molecular weight is 371 g/mol. The molecule has 0 spiro atoms. The Morgan fingerprint density at radius 2 is 1.88 bits per heavy atom. The maximum absolute atomic E-state index is 12.5.